The maximum absolute atomic E-state index is 12.9. The smallest absolute Gasteiger partial charge is 0.465 e. The number of halogens is 3. The number of anilines is 1. The maximum Gasteiger partial charge on any atom is 0.534 e. The third-order valence-electron chi connectivity index (χ3n) is 4.77. The van der Waals surface area contributed by atoms with Gasteiger partial charge in [0.1, 0.15) is 5.69 Å². The van der Waals surface area contributed by atoms with Crippen LogP contribution in [0.2, 0.25) is 0 Å². The summed E-state index contributed by atoms with van der Waals surface area (Å²) in [4.78, 5) is 17.6. The lowest BCUT2D eigenvalue weighted by Crippen LogP contribution is -2.38. The van der Waals surface area contributed by atoms with Crippen LogP contribution in [0.4, 0.5) is 18.9 Å². The Kier molecular flexibility index (Phi) is 5.61. The van der Waals surface area contributed by atoms with Crippen LogP contribution in [0.1, 0.15) is 36.5 Å². The number of rotatable bonds is 4. The Bertz CT molecular complexity index is 1040. The van der Waals surface area contributed by atoms with E-state index in [0.717, 1.165) is 19.3 Å². The van der Waals surface area contributed by atoms with Gasteiger partial charge in [0, 0.05) is 18.0 Å². The molecule has 0 radical (unpaired) electrons. The molecule has 0 spiro atoms. The lowest BCUT2D eigenvalue weighted by Gasteiger charge is -2.35. The molecule has 1 aromatic heterocycles. The molecule has 158 valence electrons. The van der Waals surface area contributed by atoms with Gasteiger partial charge in [-0.25, -0.2) is 9.78 Å². The average molecular weight is 432 g/mol. The highest BCUT2D eigenvalue weighted by atomic mass is 32.2. The first-order valence-electron chi connectivity index (χ1n) is 8.84. The van der Waals surface area contributed by atoms with Gasteiger partial charge in [-0.1, -0.05) is 0 Å². The molecule has 2 heterocycles. The molecule has 11 heteroatoms. The van der Waals surface area contributed by atoms with Gasteiger partial charge in [0.2, 0.25) is 0 Å². The number of methoxy groups -OCH3 is 1. The molecule has 29 heavy (non-hydrogen) atoms. The van der Waals surface area contributed by atoms with E-state index in [9.17, 15) is 26.4 Å². The molecule has 0 bridgehead atoms. The number of benzene rings is 1. The summed E-state index contributed by atoms with van der Waals surface area (Å²) in [5, 5.41) is 0.442. The lowest BCUT2D eigenvalue weighted by molar-refractivity contribution is -0.0501. The first-order chi connectivity index (χ1) is 13.5. The monoisotopic (exact) mass is 432 g/mol. The number of carbonyl (C=O) groups is 1. The van der Waals surface area contributed by atoms with Crippen molar-refractivity contribution in [2.45, 2.75) is 37.7 Å². The average Bonchev–Trinajstić information content (AvgIpc) is 2.66. The van der Waals surface area contributed by atoms with Gasteiger partial charge in [0.25, 0.3) is 5.88 Å². The molecule has 1 aliphatic rings. The molecule has 0 saturated carbocycles. The van der Waals surface area contributed by atoms with Crippen LogP contribution >= 0.6 is 0 Å². The zero-order valence-electron chi connectivity index (χ0n) is 15.7. The molecule has 0 amide bonds. The number of pyridine rings is 1. The van der Waals surface area contributed by atoms with E-state index >= 15 is 0 Å². The highest BCUT2D eigenvalue weighted by molar-refractivity contribution is 7.88. The van der Waals surface area contributed by atoms with Crippen molar-refractivity contribution < 1.29 is 35.3 Å². The maximum atomic E-state index is 12.9. The van der Waals surface area contributed by atoms with Gasteiger partial charge in [-0.2, -0.15) is 21.6 Å². The number of hydrogen-bond acceptors (Lipinski definition) is 7. The standard InChI is InChI=1S/C18H19F3N2O5S/c1-11-5-3-4-8-23(11)15-10-13-9-12(17(24)27-2)6-7-14(13)22-16(15)28-29(25,26)18(19,20)21/h6-7,9-11H,3-5,8H2,1-2H3/t11-/m0/s1. The van der Waals surface area contributed by atoms with Gasteiger partial charge in [0.15, 0.2) is 0 Å². The van der Waals surface area contributed by atoms with E-state index in [1.165, 1.54) is 31.4 Å². The number of carbonyl (C=O) groups excluding carboxylic acids is 1. The van der Waals surface area contributed by atoms with E-state index in [2.05, 4.69) is 13.9 Å². The van der Waals surface area contributed by atoms with Crippen molar-refractivity contribution >= 4 is 32.7 Å². The highest BCUT2D eigenvalue weighted by Gasteiger charge is 2.49. The van der Waals surface area contributed by atoms with Crippen molar-refractivity contribution in [2.75, 3.05) is 18.6 Å². The predicted molar refractivity (Wildman–Crippen MR) is 99.3 cm³/mol. The number of nitrogens with zero attached hydrogens (tertiary/aromatic N) is 2. The molecule has 1 saturated heterocycles. The number of hydrogen-bond donors (Lipinski definition) is 0. The minimum Gasteiger partial charge on any atom is -0.465 e. The molecule has 0 aliphatic carbocycles. The van der Waals surface area contributed by atoms with Crippen LogP contribution in [-0.4, -0.2) is 44.6 Å². The molecular weight excluding hydrogens is 413 g/mol. The third-order valence-corrected chi connectivity index (χ3v) is 5.71. The summed E-state index contributed by atoms with van der Waals surface area (Å²) in [6.45, 7) is 2.39. The van der Waals surface area contributed by atoms with Crippen molar-refractivity contribution in [3.05, 3.63) is 29.8 Å². The summed E-state index contributed by atoms with van der Waals surface area (Å²) < 4.78 is 70.8. The Balaban J connectivity index is 2.17. The first kappa shape index (κ1) is 21.2. The Hall–Kier alpha value is -2.56. The molecule has 2 aromatic rings. The minimum atomic E-state index is -5.89. The van der Waals surface area contributed by atoms with Crippen molar-refractivity contribution in [1.82, 2.24) is 4.98 Å². The molecule has 1 aliphatic heterocycles. The van der Waals surface area contributed by atoms with Gasteiger partial charge in [-0.15, -0.1) is 0 Å². The Morgan fingerprint density at radius 3 is 2.59 bits per heavy atom. The highest BCUT2D eigenvalue weighted by Crippen LogP contribution is 2.37. The topological polar surface area (TPSA) is 85.8 Å². The SMILES string of the molecule is COC(=O)c1ccc2nc(OS(=O)(=O)C(F)(F)F)c(N3CCCC[C@@H]3C)cc2c1. The lowest BCUT2D eigenvalue weighted by atomic mass is 10.0. The van der Waals surface area contributed by atoms with E-state index in [4.69, 9.17) is 0 Å². The van der Waals surface area contributed by atoms with Crippen molar-refractivity contribution in [3.63, 3.8) is 0 Å². The second kappa shape index (κ2) is 7.69. The zero-order chi connectivity index (χ0) is 21.4. The van der Waals surface area contributed by atoms with Gasteiger partial charge in [0.05, 0.1) is 18.2 Å². The number of alkyl halides is 3. The number of piperidine rings is 1. The fourth-order valence-corrected chi connectivity index (χ4v) is 3.69. The number of ether oxygens (including phenoxy) is 1. The number of esters is 1. The van der Waals surface area contributed by atoms with Crippen LogP contribution in [0, 0.1) is 0 Å². The summed E-state index contributed by atoms with van der Waals surface area (Å²) in [5.41, 5.74) is -5.04. The second-order valence-corrected chi connectivity index (χ2v) is 8.27. The van der Waals surface area contributed by atoms with Gasteiger partial charge >= 0.3 is 21.6 Å². The van der Waals surface area contributed by atoms with Crippen LogP contribution < -0.4 is 9.08 Å². The van der Waals surface area contributed by atoms with E-state index in [0.29, 0.717) is 11.9 Å². The summed E-state index contributed by atoms with van der Waals surface area (Å²) >= 11 is 0. The van der Waals surface area contributed by atoms with E-state index in [-0.39, 0.29) is 22.8 Å². The first-order valence-corrected chi connectivity index (χ1v) is 10.2. The summed E-state index contributed by atoms with van der Waals surface area (Å²) in [6, 6.07) is 5.68. The summed E-state index contributed by atoms with van der Waals surface area (Å²) in [5.74, 6) is -1.23. The Morgan fingerprint density at radius 2 is 1.97 bits per heavy atom. The van der Waals surface area contributed by atoms with E-state index in [1.54, 1.807) is 4.90 Å². The number of fused-ring (bicyclic) bond motifs is 1. The molecule has 0 N–H and O–H groups in total. The van der Waals surface area contributed by atoms with Crippen LogP contribution in [0.5, 0.6) is 5.88 Å². The Labute approximate surface area is 165 Å². The zero-order valence-corrected chi connectivity index (χ0v) is 16.5. The van der Waals surface area contributed by atoms with Gasteiger partial charge < -0.3 is 13.8 Å². The molecule has 1 atom stereocenters. The predicted octanol–water partition coefficient (Wildman–Crippen LogP) is 3.63. The van der Waals surface area contributed by atoms with Crippen LogP contribution in [0.3, 0.4) is 0 Å². The van der Waals surface area contributed by atoms with Crippen molar-refractivity contribution in [2.24, 2.45) is 0 Å². The van der Waals surface area contributed by atoms with Gasteiger partial charge in [-0.05, 0) is 50.5 Å². The van der Waals surface area contributed by atoms with Gasteiger partial charge in [-0.3, -0.25) is 0 Å². The number of aromatic nitrogens is 1. The Morgan fingerprint density at radius 1 is 1.24 bits per heavy atom. The molecular formula is C18H19F3N2O5S. The molecule has 3 rings (SSSR count). The van der Waals surface area contributed by atoms with E-state index in [1.807, 2.05) is 6.92 Å². The summed E-state index contributed by atoms with van der Waals surface area (Å²) in [6.07, 6.45) is 2.52. The van der Waals surface area contributed by atoms with Crippen molar-refractivity contribution in [3.8, 4) is 5.88 Å². The van der Waals surface area contributed by atoms with Crippen molar-refractivity contribution in [1.29, 1.82) is 0 Å². The second-order valence-electron chi connectivity index (χ2n) is 6.73. The fourth-order valence-electron chi connectivity index (χ4n) is 3.27. The quantitative estimate of drug-likeness (QED) is 0.414. The van der Waals surface area contributed by atoms with Crippen LogP contribution in [0.15, 0.2) is 24.3 Å². The molecule has 0 unspecified atom stereocenters. The van der Waals surface area contributed by atoms with E-state index < -0.39 is 27.5 Å². The molecule has 1 fully saturated rings. The normalized spacial score (nSPS) is 18.0. The van der Waals surface area contributed by atoms with Crippen LogP contribution in [0.25, 0.3) is 10.9 Å². The largest absolute Gasteiger partial charge is 0.534 e. The minimum absolute atomic E-state index is 0.0530. The summed E-state index contributed by atoms with van der Waals surface area (Å²) in [7, 11) is -4.66. The molecule has 1 aromatic carbocycles. The van der Waals surface area contributed by atoms with Crippen LogP contribution in [-0.2, 0) is 14.9 Å². The fraction of sp³-hybridized carbons (Fsp3) is 0.444. The third kappa shape index (κ3) is 4.24. The molecule has 7 nitrogen and oxygen atoms in total.